The van der Waals surface area contributed by atoms with Crippen molar-refractivity contribution in [2.24, 2.45) is 4.99 Å². The van der Waals surface area contributed by atoms with Crippen molar-refractivity contribution in [2.45, 2.75) is 45.1 Å². The molecule has 1 atom stereocenters. The Labute approximate surface area is 142 Å². The van der Waals surface area contributed by atoms with Crippen LogP contribution in [0.25, 0.3) is 0 Å². The Balaban J connectivity index is 2.11. The van der Waals surface area contributed by atoms with Crippen LogP contribution < -0.4 is 10.6 Å². The molecule has 1 rings (SSSR count). The number of guanidine groups is 1. The Morgan fingerprint density at radius 1 is 1.22 bits per heavy atom. The third-order valence-electron chi connectivity index (χ3n) is 4.21. The van der Waals surface area contributed by atoms with Gasteiger partial charge in [-0.2, -0.15) is 0 Å². The third kappa shape index (κ3) is 9.13. The molecule has 0 amide bonds. The summed E-state index contributed by atoms with van der Waals surface area (Å²) in [4.78, 5) is 6.80. The highest BCUT2D eigenvalue weighted by Gasteiger charge is 2.23. The van der Waals surface area contributed by atoms with Crippen LogP contribution >= 0.6 is 0 Å². The Bertz CT molecular complexity index is 313. The molecule has 0 aromatic carbocycles. The summed E-state index contributed by atoms with van der Waals surface area (Å²) in [6.45, 7) is 8.71. The van der Waals surface area contributed by atoms with E-state index in [-0.39, 0.29) is 0 Å². The first kappa shape index (κ1) is 20.2. The van der Waals surface area contributed by atoms with E-state index in [1.54, 1.807) is 7.11 Å². The van der Waals surface area contributed by atoms with Crippen molar-refractivity contribution in [3.8, 4) is 0 Å². The van der Waals surface area contributed by atoms with E-state index in [2.05, 4.69) is 27.4 Å². The normalized spacial score (nSPS) is 19.3. The van der Waals surface area contributed by atoms with Crippen LogP contribution in [0.2, 0.25) is 0 Å². The average molecular weight is 329 g/mol. The van der Waals surface area contributed by atoms with Gasteiger partial charge < -0.3 is 20.1 Å². The van der Waals surface area contributed by atoms with Crippen LogP contribution in [0, 0.1) is 0 Å². The monoisotopic (exact) mass is 328 g/mol. The van der Waals surface area contributed by atoms with E-state index in [1.807, 2.05) is 7.05 Å². The highest BCUT2D eigenvalue weighted by molar-refractivity contribution is 5.79. The number of aliphatic imine (C=N–C) groups is 1. The van der Waals surface area contributed by atoms with Crippen molar-refractivity contribution in [2.75, 3.05) is 60.2 Å². The number of hydrogen-bond acceptors (Lipinski definition) is 4. The van der Waals surface area contributed by atoms with Crippen LogP contribution in [-0.2, 0) is 9.47 Å². The number of likely N-dealkylation sites (tertiary alicyclic amines) is 1. The number of methoxy groups -OCH3 is 1. The van der Waals surface area contributed by atoms with Gasteiger partial charge in [0, 0.05) is 53.0 Å². The number of ether oxygens (including phenoxy) is 2. The molecule has 1 saturated heterocycles. The molecule has 0 radical (unpaired) electrons. The lowest BCUT2D eigenvalue weighted by Gasteiger charge is -2.25. The molecule has 0 saturated carbocycles. The lowest BCUT2D eigenvalue weighted by molar-refractivity contribution is 0.129. The predicted molar refractivity (Wildman–Crippen MR) is 96.2 cm³/mol. The topological polar surface area (TPSA) is 58.1 Å². The molecule has 6 nitrogen and oxygen atoms in total. The molecule has 136 valence electrons. The minimum Gasteiger partial charge on any atom is -0.383 e. The van der Waals surface area contributed by atoms with Gasteiger partial charge in [-0.05, 0) is 32.2 Å². The number of unbranched alkanes of at least 4 members (excludes halogenated alkanes) is 1. The van der Waals surface area contributed by atoms with E-state index in [0.717, 1.165) is 58.3 Å². The summed E-state index contributed by atoms with van der Waals surface area (Å²) in [7, 11) is 3.59. The molecule has 23 heavy (non-hydrogen) atoms. The summed E-state index contributed by atoms with van der Waals surface area (Å²) >= 11 is 0. The van der Waals surface area contributed by atoms with Gasteiger partial charge in [-0.3, -0.25) is 9.89 Å². The molecule has 6 heteroatoms. The van der Waals surface area contributed by atoms with Crippen LogP contribution in [0.1, 0.15) is 39.0 Å². The molecule has 1 unspecified atom stereocenters. The van der Waals surface area contributed by atoms with Gasteiger partial charge in [0.05, 0.1) is 6.61 Å². The first-order chi connectivity index (χ1) is 11.3. The molecular formula is C17H36N4O2. The van der Waals surface area contributed by atoms with Crippen molar-refractivity contribution in [3.05, 3.63) is 0 Å². The van der Waals surface area contributed by atoms with Gasteiger partial charge in [-0.1, -0.05) is 13.3 Å². The second kappa shape index (κ2) is 13.6. The first-order valence-electron chi connectivity index (χ1n) is 9.07. The molecule has 1 aliphatic heterocycles. The molecule has 1 heterocycles. The molecule has 0 spiro atoms. The number of hydrogen-bond donors (Lipinski definition) is 2. The fraction of sp³-hybridized carbons (Fsp3) is 0.941. The van der Waals surface area contributed by atoms with Crippen molar-refractivity contribution in [3.63, 3.8) is 0 Å². The van der Waals surface area contributed by atoms with Crippen LogP contribution in [0.3, 0.4) is 0 Å². The first-order valence-corrected chi connectivity index (χ1v) is 9.07. The van der Waals surface area contributed by atoms with Gasteiger partial charge in [0.15, 0.2) is 5.96 Å². The van der Waals surface area contributed by atoms with Crippen molar-refractivity contribution in [1.29, 1.82) is 0 Å². The zero-order valence-electron chi connectivity index (χ0n) is 15.3. The summed E-state index contributed by atoms with van der Waals surface area (Å²) in [6, 6.07) is 0.584. The summed E-state index contributed by atoms with van der Waals surface area (Å²) < 4.78 is 10.8. The molecule has 1 aliphatic rings. The fourth-order valence-corrected chi connectivity index (χ4v) is 2.79. The van der Waals surface area contributed by atoms with Gasteiger partial charge in [0.2, 0.25) is 0 Å². The third-order valence-corrected chi connectivity index (χ3v) is 4.21. The van der Waals surface area contributed by atoms with Crippen LogP contribution in [-0.4, -0.2) is 77.1 Å². The molecule has 0 aliphatic carbocycles. The zero-order chi connectivity index (χ0) is 16.8. The van der Waals surface area contributed by atoms with Crippen molar-refractivity contribution in [1.82, 2.24) is 15.5 Å². The van der Waals surface area contributed by atoms with E-state index in [9.17, 15) is 0 Å². The number of nitrogens with one attached hydrogen (secondary N) is 2. The molecule has 0 aromatic heterocycles. The summed E-state index contributed by atoms with van der Waals surface area (Å²) in [6.07, 6.45) is 5.87. The average Bonchev–Trinajstić information content (AvgIpc) is 3.02. The van der Waals surface area contributed by atoms with Gasteiger partial charge in [0.25, 0.3) is 0 Å². The highest BCUT2D eigenvalue weighted by atomic mass is 16.5. The van der Waals surface area contributed by atoms with Crippen LogP contribution in [0.5, 0.6) is 0 Å². The van der Waals surface area contributed by atoms with Gasteiger partial charge >= 0.3 is 0 Å². The molecule has 2 N–H and O–H groups in total. The summed E-state index contributed by atoms with van der Waals surface area (Å²) in [5.41, 5.74) is 0. The van der Waals surface area contributed by atoms with E-state index >= 15 is 0 Å². The molecular weight excluding hydrogens is 292 g/mol. The summed E-state index contributed by atoms with van der Waals surface area (Å²) in [5.74, 6) is 0.886. The highest BCUT2D eigenvalue weighted by Crippen LogP contribution is 2.15. The van der Waals surface area contributed by atoms with E-state index in [1.165, 1.54) is 25.8 Å². The Morgan fingerprint density at radius 2 is 2.04 bits per heavy atom. The maximum atomic E-state index is 5.56. The fourth-order valence-electron chi connectivity index (χ4n) is 2.79. The maximum absolute atomic E-state index is 5.56. The van der Waals surface area contributed by atoms with Crippen LogP contribution in [0.4, 0.5) is 0 Å². The molecule has 0 aromatic rings. The van der Waals surface area contributed by atoms with E-state index in [0.29, 0.717) is 6.04 Å². The summed E-state index contributed by atoms with van der Waals surface area (Å²) in [5, 5.41) is 6.80. The minimum absolute atomic E-state index is 0.584. The Kier molecular flexibility index (Phi) is 11.9. The standard InChI is InChI=1S/C17H36N4O2/c1-4-5-12-23-13-7-9-19-17(18-2)20-15-16-8-6-10-21(16)11-14-22-3/h16H,4-15H2,1-3H3,(H2,18,19,20). The minimum atomic E-state index is 0.584. The van der Waals surface area contributed by atoms with Crippen molar-refractivity contribution < 1.29 is 9.47 Å². The lowest BCUT2D eigenvalue weighted by Crippen LogP contribution is -2.45. The van der Waals surface area contributed by atoms with E-state index < -0.39 is 0 Å². The Morgan fingerprint density at radius 3 is 2.78 bits per heavy atom. The lowest BCUT2D eigenvalue weighted by atomic mass is 10.2. The zero-order valence-corrected chi connectivity index (χ0v) is 15.3. The van der Waals surface area contributed by atoms with Crippen LogP contribution in [0.15, 0.2) is 4.99 Å². The molecule has 1 fully saturated rings. The van der Waals surface area contributed by atoms with Gasteiger partial charge in [-0.25, -0.2) is 0 Å². The smallest absolute Gasteiger partial charge is 0.191 e. The second-order valence-corrected chi connectivity index (χ2v) is 6.02. The second-order valence-electron chi connectivity index (χ2n) is 6.02. The largest absolute Gasteiger partial charge is 0.383 e. The number of rotatable bonds is 12. The van der Waals surface area contributed by atoms with Gasteiger partial charge in [0.1, 0.15) is 0 Å². The quantitative estimate of drug-likeness (QED) is 0.323. The molecule has 0 bridgehead atoms. The SMILES string of the molecule is CCCCOCCCNC(=NC)NCC1CCCN1CCOC. The number of nitrogens with zero attached hydrogens (tertiary/aromatic N) is 2. The van der Waals surface area contributed by atoms with Crippen molar-refractivity contribution >= 4 is 5.96 Å². The maximum Gasteiger partial charge on any atom is 0.191 e. The Hall–Kier alpha value is -0.850. The predicted octanol–water partition coefficient (Wildman–Crippen LogP) is 1.47. The van der Waals surface area contributed by atoms with Gasteiger partial charge in [-0.15, -0.1) is 0 Å². The van der Waals surface area contributed by atoms with E-state index in [4.69, 9.17) is 9.47 Å².